The highest BCUT2D eigenvalue weighted by atomic mass is 35.5. The number of hydrogen-bond acceptors (Lipinski definition) is 2. The molecular formula is C21H20ClN3O. The summed E-state index contributed by atoms with van der Waals surface area (Å²) < 4.78 is 1.76. The van der Waals surface area contributed by atoms with E-state index in [1.807, 2.05) is 48.4 Å². The molecule has 0 bridgehead atoms. The normalized spacial score (nSPS) is 14.0. The third-order valence-corrected chi connectivity index (χ3v) is 5.09. The lowest BCUT2D eigenvalue weighted by Crippen LogP contribution is -2.32. The summed E-state index contributed by atoms with van der Waals surface area (Å²) >= 11 is 6.48. The Morgan fingerprint density at radius 2 is 1.96 bits per heavy atom. The van der Waals surface area contributed by atoms with Crippen LogP contribution in [0, 0.1) is 6.92 Å². The Labute approximate surface area is 158 Å². The Bertz CT molecular complexity index is 963. The molecule has 3 aromatic rings. The molecule has 2 aromatic carbocycles. The van der Waals surface area contributed by atoms with Gasteiger partial charge < -0.3 is 4.90 Å². The van der Waals surface area contributed by atoms with Crippen molar-refractivity contribution in [1.82, 2.24) is 9.78 Å². The lowest BCUT2D eigenvalue weighted by molar-refractivity contribution is 0.0987. The molecule has 0 fully saturated rings. The van der Waals surface area contributed by atoms with Gasteiger partial charge in [-0.1, -0.05) is 29.8 Å². The molecule has 0 radical (unpaired) electrons. The number of anilines is 1. The Morgan fingerprint density at radius 1 is 1.12 bits per heavy atom. The summed E-state index contributed by atoms with van der Waals surface area (Å²) in [5, 5.41) is 4.84. The summed E-state index contributed by atoms with van der Waals surface area (Å²) in [6.07, 6.45) is 4.97. The van der Waals surface area contributed by atoms with Crippen molar-refractivity contribution in [1.29, 1.82) is 0 Å². The highest BCUT2D eigenvalue weighted by Gasteiger charge is 2.24. The van der Waals surface area contributed by atoms with Crippen LogP contribution in [0.1, 0.15) is 34.5 Å². The van der Waals surface area contributed by atoms with Gasteiger partial charge in [0.15, 0.2) is 0 Å². The molecule has 132 valence electrons. The number of carbonyl (C=O) groups is 1. The topological polar surface area (TPSA) is 38.1 Å². The minimum atomic E-state index is -0.0486. The van der Waals surface area contributed by atoms with Crippen LogP contribution in [-0.4, -0.2) is 22.2 Å². The van der Waals surface area contributed by atoms with Crippen LogP contribution in [0.4, 0.5) is 5.69 Å². The number of aryl methyl sites for hydroxylation is 2. The Morgan fingerprint density at radius 3 is 2.73 bits per heavy atom. The lowest BCUT2D eigenvalue weighted by atomic mass is 10.1. The van der Waals surface area contributed by atoms with E-state index in [4.69, 9.17) is 11.6 Å². The number of hydrogen-bond donors (Lipinski definition) is 0. The monoisotopic (exact) mass is 365 g/mol. The molecule has 26 heavy (non-hydrogen) atoms. The quantitative estimate of drug-likeness (QED) is 0.653. The first kappa shape index (κ1) is 16.9. The van der Waals surface area contributed by atoms with Crippen LogP contribution in [0.15, 0.2) is 54.7 Å². The van der Waals surface area contributed by atoms with E-state index in [-0.39, 0.29) is 5.91 Å². The van der Waals surface area contributed by atoms with Gasteiger partial charge in [-0.3, -0.25) is 4.79 Å². The molecule has 0 saturated carbocycles. The summed E-state index contributed by atoms with van der Waals surface area (Å²) in [4.78, 5) is 15.1. The maximum absolute atomic E-state index is 13.2. The molecule has 5 heteroatoms. The average molecular weight is 366 g/mol. The van der Waals surface area contributed by atoms with Crippen molar-refractivity contribution in [3.63, 3.8) is 0 Å². The first-order valence-electron chi connectivity index (χ1n) is 8.85. The maximum atomic E-state index is 13.2. The van der Waals surface area contributed by atoms with E-state index in [0.717, 1.165) is 36.3 Å². The predicted molar refractivity (Wildman–Crippen MR) is 104 cm³/mol. The number of amides is 1. The van der Waals surface area contributed by atoms with Crippen molar-refractivity contribution in [2.24, 2.45) is 0 Å². The van der Waals surface area contributed by atoms with Crippen molar-refractivity contribution in [3.05, 3.63) is 76.6 Å². The van der Waals surface area contributed by atoms with Gasteiger partial charge in [-0.15, -0.1) is 0 Å². The molecule has 0 saturated heterocycles. The highest BCUT2D eigenvalue weighted by Crippen LogP contribution is 2.29. The highest BCUT2D eigenvalue weighted by molar-refractivity contribution is 6.34. The van der Waals surface area contributed by atoms with Gasteiger partial charge in [0.2, 0.25) is 0 Å². The third-order valence-electron chi connectivity index (χ3n) is 4.78. The molecule has 1 aliphatic heterocycles. The summed E-state index contributed by atoms with van der Waals surface area (Å²) in [5.74, 6) is -0.0486. The van der Waals surface area contributed by atoms with Crippen molar-refractivity contribution in [2.75, 3.05) is 11.4 Å². The zero-order chi connectivity index (χ0) is 18.1. The Balaban J connectivity index is 1.68. The molecule has 2 heterocycles. The third kappa shape index (κ3) is 3.13. The zero-order valence-electron chi connectivity index (χ0n) is 14.7. The number of benzene rings is 2. The molecule has 1 aliphatic rings. The Hall–Kier alpha value is -2.59. The molecule has 0 aliphatic carbocycles. The van der Waals surface area contributed by atoms with Crippen molar-refractivity contribution in [3.8, 4) is 5.69 Å². The number of fused-ring (bicyclic) bond motifs is 1. The van der Waals surface area contributed by atoms with Crippen LogP contribution in [-0.2, 0) is 6.42 Å². The second-order valence-corrected chi connectivity index (χ2v) is 7.02. The van der Waals surface area contributed by atoms with E-state index in [1.54, 1.807) is 16.8 Å². The minimum Gasteiger partial charge on any atom is -0.308 e. The van der Waals surface area contributed by atoms with Gasteiger partial charge in [0.05, 0.1) is 22.0 Å². The summed E-state index contributed by atoms with van der Waals surface area (Å²) in [6.45, 7) is 2.65. The zero-order valence-corrected chi connectivity index (χ0v) is 15.4. The fraction of sp³-hybridized carbons (Fsp3) is 0.238. The van der Waals surface area contributed by atoms with E-state index < -0.39 is 0 Å². The number of para-hydroxylation sites is 1. The molecule has 4 nitrogen and oxygen atoms in total. The van der Waals surface area contributed by atoms with Crippen LogP contribution in [0.5, 0.6) is 0 Å². The van der Waals surface area contributed by atoms with Crippen molar-refractivity contribution >= 4 is 23.2 Å². The molecule has 0 spiro atoms. The molecule has 0 N–H and O–H groups in total. The standard InChI is InChI=1S/C21H20ClN3O/c1-15-11-13-25(23-15)17-9-10-18(19(22)14-17)21(26)24-12-5-4-7-16-6-2-3-8-20(16)24/h2-3,6,8-11,13-14H,4-5,7,12H2,1H3. The summed E-state index contributed by atoms with van der Waals surface area (Å²) in [7, 11) is 0. The first-order valence-corrected chi connectivity index (χ1v) is 9.23. The van der Waals surface area contributed by atoms with Gasteiger partial charge in [-0.05, 0) is 62.1 Å². The average Bonchev–Trinajstić information content (AvgIpc) is 2.96. The number of carbonyl (C=O) groups excluding carboxylic acids is 1. The van der Waals surface area contributed by atoms with Crippen LogP contribution in [0.2, 0.25) is 5.02 Å². The molecular weight excluding hydrogens is 346 g/mol. The van der Waals surface area contributed by atoms with E-state index in [9.17, 15) is 4.79 Å². The van der Waals surface area contributed by atoms with Crippen LogP contribution in [0.3, 0.4) is 0 Å². The number of nitrogens with zero attached hydrogens (tertiary/aromatic N) is 3. The number of rotatable bonds is 2. The lowest BCUT2D eigenvalue weighted by Gasteiger charge is -2.23. The molecule has 4 rings (SSSR count). The first-order chi connectivity index (χ1) is 12.6. The molecule has 1 aromatic heterocycles. The van der Waals surface area contributed by atoms with E-state index in [1.165, 1.54) is 5.56 Å². The van der Waals surface area contributed by atoms with Gasteiger partial charge in [-0.2, -0.15) is 5.10 Å². The van der Waals surface area contributed by atoms with Crippen LogP contribution >= 0.6 is 11.6 Å². The predicted octanol–water partition coefficient (Wildman–Crippen LogP) is 4.82. The summed E-state index contributed by atoms with van der Waals surface area (Å²) in [6, 6.07) is 15.5. The Kier molecular flexibility index (Phi) is 4.51. The molecule has 0 unspecified atom stereocenters. The van der Waals surface area contributed by atoms with Gasteiger partial charge in [0.25, 0.3) is 5.91 Å². The number of halogens is 1. The van der Waals surface area contributed by atoms with Crippen LogP contribution in [0.25, 0.3) is 5.69 Å². The summed E-state index contributed by atoms with van der Waals surface area (Å²) in [5.41, 5.74) is 4.52. The fourth-order valence-corrected chi connectivity index (χ4v) is 3.68. The second-order valence-electron chi connectivity index (χ2n) is 6.61. The minimum absolute atomic E-state index is 0.0486. The van der Waals surface area contributed by atoms with Gasteiger partial charge in [-0.25, -0.2) is 4.68 Å². The number of aromatic nitrogens is 2. The molecule has 1 amide bonds. The smallest absolute Gasteiger partial charge is 0.259 e. The van der Waals surface area contributed by atoms with Gasteiger partial charge >= 0.3 is 0 Å². The fourth-order valence-electron chi connectivity index (χ4n) is 3.43. The molecule has 0 atom stereocenters. The van der Waals surface area contributed by atoms with Crippen molar-refractivity contribution < 1.29 is 4.79 Å². The van der Waals surface area contributed by atoms with E-state index in [2.05, 4.69) is 11.2 Å². The second kappa shape index (κ2) is 6.96. The van der Waals surface area contributed by atoms with Crippen molar-refractivity contribution in [2.45, 2.75) is 26.2 Å². The SMILES string of the molecule is Cc1ccn(-c2ccc(C(=O)N3CCCCc4ccccc43)c(Cl)c2)n1. The van der Waals surface area contributed by atoms with E-state index >= 15 is 0 Å². The largest absolute Gasteiger partial charge is 0.308 e. The van der Waals surface area contributed by atoms with E-state index in [0.29, 0.717) is 17.1 Å². The van der Waals surface area contributed by atoms with Crippen LogP contribution < -0.4 is 4.90 Å². The van der Waals surface area contributed by atoms with Gasteiger partial charge in [0, 0.05) is 18.4 Å². The van der Waals surface area contributed by atoms with Gasteiger partial charge in [0.1, 0.15) is 0 Å². The maximum Gasteiger partial charge on any atom is 0.259 e.